The van der Waals surface area contributed by atoms with E-state index in [1.54, 1.807) is 19.1 Å². The Morgan fingerprint density at radius 3 is 2.18 bits per heavy atom. The molecule has 1 saturated carbocycles. The number of nitrogens with one attached hydrogen (secondary N) is 1. The first-order valence-corrected chi connectivity index (χ1v) is 11.7. The van der Waals surface area contributed by atoms with Crippen LogP contribution in [-0.2, 0) is 0 Å². The number of phenolic OH excluding ortho intramolecular Hbond substituents is 1. The fourth-order valence-electron chi connectivity index (χ4n) is 4.01. The van der Waals surface area contributed by atoms with Gasteiger partial charge in [-0.25, -0.2) is 0 Å². The second-order valence-electron chi connectivity index (χ2n) is 8.34. The first-order chi connectivity index (χ1) is 17.4. The van der Waals surface area contributed by atoms with Crippen LogP contribution >= 0.6 is 0 Å². The van der Waals surface area contributed by atoms with Gasteiger partial charge >= 0.3 is 103 Å². The van der Waals surface area contributed by atoms with Crippen LogP contribution in [0.2, 0.25) is 0 Å². The number of benzene rings is 2. The molecule has 0 spiro atoms. The van der Waals surface area contributed by atoms with Gasteiger partial charge < -0.3 is 29.6 Å². The van der Waals surface area contributed by atoms with Crippen LogP contribution in [-0.4, -0.2) is 50.9 Å². The number of Topliss-reactive ketones (excluding diaryl/α,β-unsaturated/α-hetero) is 1. The molecule has 1 fully saturated rings. The molecule has 0 bridgehead atoms. The van der Waals surface area contributed by atoms with Crippen molar-refractivity contribution in [3.63, 3.8) is 0 Å². The van der Waals surface area contributed by atoms with Crippen LogP contribution in [0.25, 0.3) is 11.4 Å². The van der Waals surface area contributed by atoms with E-state index in [1.165, 1.54) is 0 Å². The maximum absolute atomic E-state index is 12.6. The van der Waals surface area contributed by atoms with E-state index in [0.29, 0.717) is 35.9 Å². The van der Waals surface area contributed by atoms with E-state index in [9.17, 15) is 9.90 Å². The largest absolute Gasteiger partial charge is 1.00 e. The SMILES string of the molecule is Cc1c(OCCCCOc2ccc(-c3nn[nH]n3)cc2)ccc(C(=O)C2CCCC2)c1O.O=C([O-])[O-].[K+].[K+]. The molecule has 1 aliphatic rings. The molecule has 0 atom stereocenters. The van der Waals surface area contributed by atoms with Crippen LogP contribution in [0.5, 0.6) is 17.2 Å². The monoisotopic (exact) mass is 574 g/mol. The average molecular weight is 575 g/mol. The fraction of sp³-hybridized carbons (Fsp3) is 0.400. The number of aromatic amines is 1. The van der Waals surface area contributed by atoms with Crippen molar-refractivity contribution < 1.29 is 137 Å². The van der Waals surface area contributed by atoms with Crippen LogP contribution in [0.4, 0.5) is 4.79 Å². The number of ether oxygens (including phenoxy) is 2. The van der Waals surface area contributed by atoms with Gasteiger partial charge in [-0.1, -0.05) is 12.8 Å². The summed E-state index contributed by atoms with van der Waals surface area (Å²) in [6.07, 6.45) is 3.32. The molecular weight excluding hydrogens is 546 g/mol. The van der Waals surface area contributed by atoms with Crippen molar-refractivity contribution in [3.8, 4) is 28.6 Å². The summed E-state index contributed by atoms with van der Waals surface area (Å²) in [7, 11) is 0. The predicted molar refractivity (Wildman–Crippen MR) is 124 cm³/mol. The number of rotatable bonds is 10. The van der Waals surface area contributed by atoms with E-state index in [1.807, 2.05) is 24.3 Å². The van der Waals surface area contributed by atoms with Crippen molar-refractivity contribution in [1.82, 2.24) is 20.6 Å². The van der Waals surface area contributed by atoms with Crippen molar-refractivity contribution in [2.75, 3.05) is 13.2 Å². The Labute approximate surface area is 305 Å². The number of ketones is 1. The molecule has 1 aliphatic carbocycles. The van der Waals surface area contributed by atoms with Crippen LogP contribution in [0.15, 0.2) is 36.4 Å². The number of tetrazole rings is 1. The Balaban J connectivity index is 0.00000113. The third-order valence-corrected chi connectivity index (χ3v) is 5.90. The van der Waals surface area contributed by atoms with Gasteiger partial charge in [0.25, 0.3) is 0 Å². The topological polar surface area (TPSA) is 173 Å². The summed E-state index contributed by atoms with van der Waals surface area (Å²) in [6, 6.07) is 11.0. The van der Waals surface area contributed by atoms with Gasteiger partial charge in [0.15, 0.2) is 5.78 Å². The van der Waals surface area contributed by atoms with Crippen molar-refractivity contribution in [3.05, 3.63) is 47.5 Å². The zero-order valence-corrected chi connectivity index (χ0v) is 28.2. The van der Waals surface area contributed by atoms with Gasteiger partial charge in [0.2, 0.25) is 5.82 Å². The summed E-state index contributed by atoms with van der Waals surface area (Å²) in [5, 5.41) is 41.1. The Hall–Kier alpha value is -0.877. The van der Waals surface area contributed by atoms with Gasteiger partial charge in [0, 0.05) is 17.0 Å². The minimum Gasteiger partial charge on any atom is -0.652 e. The van der Waals surface area contributed by atoms with Crippen molar-refractivity contribution >= 4 is 11.9 Å². The number of phenols is 1. The molecule has 0 aliphatic heterocycles. The summed E-state index contributed by atoms with van der Waals surface area (Å²) in [5.41, 5.74) is 1.90. The Morgan fingerprint density at radius 1 is 1.00 bits per heavy atom. The molecule has 3 aromatic rings. The fourth-order valence-corrected chi connectivity index (χ4v) is 4.01. The first kappa shape index (κ1) is 35.1. The molecule has 192 valence electrons. The number of carbonyl (C=O) groups is 2. The number of aromatic nitrogens is 4. The molecule has 0 unspecified atom stereocenters. The Morgan fingerprint density at radius 2 is 1.61 bits per heavy atom. The number of H-pyrrole nitrogens is 1. The molecule has 2 aromatic carbocycles. The minimum atomic E-state index is -2.33. The molecule has 0 radical (unpaired) electrons. The molecule has 1 aromatic heterocycles. The predicted octanol–water partition coefficient (Wildman–Crippen LogP) is -3.95. The smallest absolute Gasteiger partial charge is 0.652 e. The van der Waals surface area contributed by atoms with Gasteiger partial charge in [-0.2, -0.15) is 5.21 Å². The third kappa shape index (κ3) is 10.9. The van der Waals surface area contributed by atoms with Gasteiger partial charge in [-0.15, -0.1) is 10.2 Å². The Bertz CT molecular complexity index is 1140. The van der Waals surface area contributed by atoms with Crippen LogP contribution in [0.1, 0.15) is 54.4 Å². The van der Waals surface area contributed by atoms with Crippen molar-refractivity contribution in [1.29, 1.82) is 0 Å². The van der Waals surface area contributed by atoms with E-state index >= 15 is 0 Å². The number of nitrogens with zero attached hydrogens (tertiary/aromatic N) is 3. The van der Waals surface area contributed by atoms with Crippen molar-refractivity contribution in [2.45, 2.75) is 45.4 Å². The number of hydrogen-bond donors (Lipinski definition) is 2. The molecule has 4 rings (SSSR count). The second-order valence-corrected chi connectivity index (χ2v) is 8.34. The van der Waals surface area contributed by atoms with Gasteiger partial charge in [-0.05, 0) is 80.4 Å². The summed E-state index contributed by atoms with van der Waals surface area (Å²) < 4.78 is 11.6. The number of carbonyl (C=O) groups excluding carboxylic acids is 2. The second kappa shape index (κ2) is 18.5. The number of hydrogen-bond acceptors (Lipinski definition) is 10. The maximum Gasteiger partial charge on any atom is 1.00 e. The normalized spacial score (nSPS) is 12.3. The molecule has 0 amide bonds. The number of aromatic hydroxyl groups is 1. The average Bonchev–Trinajstić information content (AvgIpc) is 3.58. The molecule has 1 heterocycles. The van der Waals surface area contributed by atoms with Gasteiger partial charge in [-0.3, -0.25) is 4.79 Å². The molecule has 2 N–H and O–H groups in total. The summed E-state index contributed by atoms with van der Waals surface area (Å²) >= 11 is 0. The van der Waals surface area contributed by atoms with E-state index in [0.717, 1.165) is 49.8 Å². The minimum absolute atomic E-state index is 0. The van der Waals surface area contributed by atoms with E-state index < -0.39 is 6.16 Å². The summed E-state index contributed by atoms with van der Waals surface area (Å²) in [4.78, 5) is 21.0. The zero-order chi connectivity index (χ0) is 25.9. The van der Waals surface area contributed by atoms with E-state index in [2.05, 4.69) is 20.6 Å². The quantitative estimate of drug-likeness (QED) is 0.138. The van der Waals surface area contributed by atoms with Crippen LogP contribution in [0.3, 0.4) is 0 Å². The molecular formula is C25H28K2N4O7. The van der Waals surface area contributed by atoms with E-state index in [-0.39, 0.29) is 120 Å². The zero-order valence-electron chi connectivity index (χ0n) is 21.9. The third-order valence-electron chi connectivity index (χ3n) is 5.90. The van der Waals surface area contributed by atoms with Gasteiger partial charge in [0.1, 0.15) is 17.2 Å². The van der Waals surface area contributed by atoms with Crippen LogP contribution < -0.4 is 122 Å². The summed E-state index contributed by atoms with van der Waals surface area (Å²) in [5.74, 6) is 2.09. The number of carboxylic acid groups (broad SMARTS) is 2. The summed E-state index contributed by atoms with van der Waals surface area (Å²) in [6.45, 7) is 2.87. The molecule has 0 saturated heterocycles. The maximum atomic E-state index is 12.6. The number of unbranched alkanes of at least 4 members (excludes halogenated alkanes) is 1. The van der Waals surface area contributed by atoms with E-state index in [4.69, 9.17) is 24.5 Å². The Kier molecular flexibility index (Phi) is 17.1. The molecule has 13 heteroatoms. The molecule has 11 nitrogen and oxygen atoms in total. The standard InChI is InChI=1S/C24H28N4O4.CH2O3.2K/c1-16-21(13-12-20(22(16)29)23(30)17-6-2-3-7-17)32-15-5-4-14-31-19-10-8-18(9-11-19)24-25-27-28-26-24;2-1(3)4;;/h8-13,17,29H,2-7,14-15H2,1H3,(H,25,26,27,28);(H2,2,3,4);;/q;;2*+1/p-2. The van der Waals surface area contributed by atoms with Gasteiger partial charge in [0.05, 0.1) is 18.8 Å². The van der Waals surface area contributed by atoms with Crippen LogP contribution in [0, 0.1) is 12.8 Å². The molecule has 38 heavy (non-hydrogen) atoms. The first-order valence-electron chi connectivity index (χ1n) is 11.7. The van der Waals surface area contributed by atoms with Crippen molar-refractivity contribution in [2.24, 2.45) is 5.92 Å².